The van der Waals surface area contributed by atoms with Gasteiger partial charge in [-0.1, -0.05) is 12.1 Å². The zero-order valence-electron chi connectivity index (χ0n) is 14.2. The number of likely N-dealkylation sites (N-methyl/N-ethyl adjacent to an activating group) is 1. The molecule has 24 heavy (non-hydrogen) atoms. The summed E-state index contributed by atoms with van der Waals surface area (Å²) in [7, 11) is 1.86. The Labute approximate surface area is 142 Å². The van der Waals surface area contributed by atoms with Gasteiger partial charge in [0.1, 0.15) is 0 Å². The van der Waals surface area contributed by atoms with Crippen LogP contribution >= 0.6 is 0 Å². The Morgan fingerprint density at radius 3 is 2.88 bits per heavy atom. The fourth-order valence-electron chi connectivity index (χ4n) is 3.38. The SMILES string of the molecule is CC(c1cccc([N+](=O)[O-])c1)N1CCCC(N(C)CC(=O)O)CC1. The highest BCUT2D eigenvalue weighted by Gasteiger charge is 2.25. The van der Waals surface area contributed by atoms with E-state index in [9.17, 15) is 14.9 Å². The third kappa shape index (κ3) is 4.75. The summed E-state index contributed by atoms with van der Waals surface area (Å²) in [4.78, 5) is 25.7. The molecule has 7 nitrogen and oxygen atoms in total. The first-order chi connectivity index (χ1) is 11.4. The number of likely N-dealkylation sites (tertiary alicyclic amines) is 1. The second-order valence-electron chi connectivity index (χ2n) is 6.46. The lowest BCUT2D eigenvalue weighted by atomic mass is 10.1. The van der Waals surface area contributed by atoms with E-state index < -0.39 is 5.97 Å². The normalized spacial score (nSPS) is 20.5. The van der Waals surface area contributed by atoms with E-state index >= 15 is 0 Å². The number of benzene rings is 1. The van der Waals surface area contributed by atoms with Crippen molar-refractivity contribution in [2.45, 2.75) is 38.3 Å². The van der Waals surface area contributed by atoms with Gasteiger partial charge >= 0.3 is 5.97 Å². The molecule has 132 valence electrons. The van der Waals surface area contributed by atoms with Gasteiger partial charge in [-0.3, -0.25) is 24.7 Å². The van der Waals surface area contributed by atoms with Gasteiger partial charge in [0.25, 0.3) is 5.69 Å². The zero-order valence-corrected chi connectivity index (χ0v) is 14.2. The Hall–Kier alpha value is -1.99. The molecule has 7 heteroatoms. The molecule has 1 aromatic rings. The van der Waals surface area contributed by atoms with Crippen molar-refractivity contribution in [3.8, 4) is 0 Å². The summed E-state index contributed by atoms with van der Waals surface area (Å²) >= 11 is 0. The number of non-ortho nitro benzene ring substituents is 1. The van der Waals surface area contributed by atoms with Crippen molar-refractivity contribution >= 4 is 11.7 Å². The number of aliphatic carboxylic acids is 1. The smallest absolute Gasteiger partial charge is 0.317 e. The number of carboxylic acid groups (broad SMARTS) is 1. The first-order valence-electron chi connectivity index (χ1n) is 8.29. The van der Waals surface area contributed by atoms with Gasteiger partial charge in [0, 0.05) is 30.8 Å². The largest absolute Gasteiger partial charge is 0.480 e. The summed E-state index contributed by atoms with van der Waals surface area (Å²) in [5.74, 6) is -0.802. The van der Waals surface area contributed by atoms with Gasteiger partial charge in [0.15, 0.2) is 0 Å². The highest BCUT2D eigenvalue weighted by molar-refractivity contribution is 5.69. The third-order valence-electron chi connectivity index (χ3n) is 4.85. The average molecular weight is 335 g/mol. The van der Waals surface area contributed by atoms with Crippen molar-refractivity contribution in [1.29, 1.82) is 0 Å². The summed E-state index contributed by atoms with van der Waals surface area (Å²) in [5.41, 5.74) is 1.06. The Morgan fingerprint density at radius 2 is 2.21 bits per heavy atom. The minimum atomic E-state index is -0.802. The predicted octanol–water partition coefficient (Wildman–Crippen LogP) is 2.53. The lowest BCUT2D eigenvalue weighted by molar-refractivity contribution is -0.385. The average Bonchev–Trinajstić information content (AvgIpc) is 2.79. The number of rotatable bonds is 6. The molecule has 1 saturated heterocycles. The Kier molecular flexibility index (Phi) is 6.28. The fraction of sp³-hybridized carbons (Fsp3) is 0.588. The molecular formula is C17H25N3O4. The highest BCUT2D eigenvalue weighted by Crippen LogP contribution is 2.27. The molecule has 1 heterocycles. The lowest BCUT2D eigenvalue weighted by Crippen LogP contribution is -2.36. The topological polar surface area (TPSA) is 86.9 Å². The van der Waals surface area contributed by atoms with Crippen molar-refractivity contribution in [1.82, 2.24) is 9.80 Å². The maximum absolute atomic E-state index is 11.0. The van der Waals surface area contributed by atoms with Crippen LogP contribution < -0.4 is 0 Å². The summed E-state index contributed by atoms with van der Waals surface area (Å²) < 4.78 is 0. The van der Waals surface area contributed by atoms with Crippen molar-refractivity contribution in [2.75, 3.05) is 26.7 Å². The molecular weight excluding hydrogens is 310 g/mol. The van der Waals surface area contributed by atoms with Gasteiger partial charge in [-0.15, -0.1) is 0 Å². The van der Waals surface area contributed by atoms with Crippen LogP contribution in [0, 0.1) is 10.1 Å². The van der Waals surface area contributed by atoms with Crippen LogP contribution in [-0.4, -0.2) is 58.5 Å². The van der Waals surface area contributed by atoms with Crippen LogP contribution in [0.5, 0.6) is 0 Å². The van der Waals surface area contributed by atoms with Gasteiger partial charge < -0.3 is 5.11 Å². The van der Waals surface area contributed by atoms with E-state index in [-0.39, 0.29) is 29.2 Å². The number of nitro benzene ring substituents is 1. The maximum atomic E-state index is 11.0. The quantitative estimate of drug-likeness (QED) is 0.635. The minimum absolute atomic E-state index is 0.0606. The zero-order chi connectivity index (χ0) is 17.7. The molecule has 0 spiro atoms. The molecule has 2 atom stereocenters. The van der Waals surface area contributed by atoms with E-state index in [1.807, 2.05) is 18.0 Å². The molecule has 0 aliphatic carbocycles. The van der Waals surface area contributed by atoms with Gasteiger partial charge in [-0.25, -0.2) is 0 Å². The second-order valence-corrected chi connectivity index (χ2v) is 6.46. The molecule has 1 aliphatic heterocycles. The van der Waals surface area contributed by atoms with Crippen molar-refractivity contribution in [3.63, 3.8) is 0 Å². The monoisotopic (exact) mass is 335 g/mol. The molecule has 0 aromatic heterocycles. The summed E-state index contributed by atoms with van der Waals surface area (Å²) in [6.45, 7) is 3.91. The molecule has 1 fully saturated rings. The number of nitrogens with zero attached hydrogens (tertiary/aromatic N) is 3. The molecule has 0 saturated carbocycles. The van der Waals surface area contributed by atoms with Crippen LogP contribution in [0.15, 0.2) is 24.3 Å². The lowest BCUT2D eigenvalue weighted by Gasteiger charge is -2.29. The number of carboxylic acids is 1. The summed E-state index contributed by atoms with van der Waals surface area (Å²) in [6, 6.07) is 7.18. The van der Waals surface area contributed by atoms with E-state index in [0.29, 0.717) is 0 Å². The molecule has 1 aliphatic rings. The van der Waals surface area contributed by atoms with E-state index in [2.05, 4.69) is 11.8 Å². The van der Waals surface area contributed by atoms with Crippen LogP contribution in [0.4, 0.5) is 5.69 Å². The van der Waals surface area contributed by atoms with Crippen LogP contribution in [0.3, 0.4) is 0 Å². The standard InChI is InChI=1S/C17H25N3O4/c1-13(14-5-3-6-16(11-14)20(23)24)19-9-4-7-15(8-10-19)18(2)12-17(21)22/h3,5-6,11,13,15H,4,7-10,12H2,1-2H3,(H,21,22). The van der Waals surface area contributed by atoms with Gasteiger partial charge in [-0.05, 0) is 45.3 Å². The van der Waals surface area contributed by atoms with Crippen LogP contribution in [0.1, 0.15) is 37.8 Å². The third-order valence-corrected chi connectivity index (χ3v) is 4.85. The molecule has 0 amide bonds. The van der Waals surface area contributed by atoms with Crippen LogP contribution in [-0.2, 0) is 4.79 Å². The Bertz CT molecular complexity index is 593. The fourth-order valence-corrected chi connectivity index (χ4v) is 3.38. The van der Waals surface area contributed by atoms with Gasteiger partial charge in [0.05, 0.1) is 11.5 Å². The van der Waals surface area contributed by atoms with Gasteiger partial charge in [0.2, 0.25) is 0 Å². The first-order valence-corrected chi connectivity index (χ1v) is 8.29. The Morgan fingerprint density at radius 1 is 1.46 bits per heavy atom. The predicted molar refractivity (Wildman–Crippen MR) is 91.0 cm³/mol. The van der Waals surface area contributed by atoms with Crippen molar-refractivity contribution in [3.05, 3.63) is 39.9 Å². The number of nitro groups is 1. The molecule has 2 unspecified atom stereocenters. The van der Waals surface area contributed by atoms with E-state index in [0.717, 1.165) is 37.9 Å². The highest BCUT2D eigenvalue weighted by atomic mass is 16.6. The molecule has 1 N–H and O–H groups in total. The first kappa shape index (κ1) is 18.4. The number of hydrogen-bond donors (Lipinski definition) is 1. The summed E-state index contributed by atoms with van der Waals surface area (Å²) in [5, 5.41) is 19.9. The van der Waals surface area contributed by atoms with Crippen LogP contribution in [0.2, 0.25) is 0 Å². The number of hydrogen-bond acceptors (Lipinski definition) is 5. The van der Waals surface area contributed by atoms with E-state index in [1.165, 1.54) is 6.07 Å². The van der Waals surface area contributed by atoms with E-state index in [4.69, 9.17) is 5.11 Å². The number of carbonyl (C=O) groups is 1. The van der Waals surface area contributed by atoms with Gasteiger partial charge in [-0.2, -0.15) is 0 Å². The minimum Gasteiger partial charge on any atom is -0.480 e. The molecule has 0 radical (unpaired) electrons. The molecule has 1 aromatic carbocycles. The molecule has 0 bridgehead atoms. The van der Waals surface area contributed by atoms with Crippen molar-refractivity contribution in [2.24, 2.45) is 0 Å². The van der Waals surface area contributed by atoms with Crippen molar-refractivity contribution < 1.29 is 14.8 Å². The van der Waals surface area contributed by atoms with Crippen LogP contribution in [0.25, 0.3) is 0 Å². The Balaban J connectivity index is 2.01. The summed E-state index contributed by atoms with van der Waals surface area (Å²) in [6.07, 6.45) is 2.87. The second kappa shape index (κ2) is 8.21. The molecule has 2 rings (SSSR count). The van der Waals surface area contributed by atoms with E-state index in [1.54, 1.807) is 12.1 Å². The maximum Gasteiger partial charge on any atom is 0.317 e.